The van der Waals surface area contributed by atoms with E-state index in [1.54, 1.807) is 0 Å². The fraction of sp³-hybridized carbons (Fsp3) is 1.00. The summed E-state index contributed by atoms with van der Waals surface area (Å²) in [6, 6.07) is 1.44. The van der Waals surface area contributed by atoms with Crippen molar-refractivity contribution in [2.45, 2.75) is 59.0 Å². The van der Waals surface area contributed by atoms with Gasteiger partial charge in [-0.3, -0.25) is 4.90 Å². The molecule has 118 valence electrons. The van der Waals surface area contributed by atoms with Crippen LogP contribution in [-0.2, 0) is 0 Å². The molecule has 2 aliphatic heterocycles. The SMILES string of the molecule is CC(C)N1CCC[C@@H](CN2CCN(C(C)C)CC2)CC1. The number of nitrogens with zero attached hydrogens (tertiary/aromatic N) is 3. The van der Waals surface area contributed by atoms with Crippen molar-refractivity contribution in [3.05, 3.63) is 0 Å². The van der Waals surface area contributed by atoms with Gasteiger partial charge in [0.25, 0.3) is 0 Å². The van der Waals surface area contributed by atoms with Crippen molar-refractivity contribution < 1.29 is 0 Å². The maximum absolute atomic E-state index is 2.72. The highest BCUT2D eigenvalue weighted by atomic mass is 15.3. The Hall–Kier alpha value is -0.120. The van der Waals surface area contributed by atoms with Crippen LogP contribution < -0.4 is 0 Å². The molecule has 1 atom stereocenters. The zero-order chi connectivity index (χ0) is 14.5. The van der Waals surface area contributed by atoms with Crippen molar-refractivity contribution in [1.82, 2.24) is 14.7 Å². The van der Waals surface area contributed by atoms with Gasteiger partial charge in [-0.05, 0) is 66.0 Å². The number of likely N-dealkylation sites (tertiary alicyclic amines) is 1. The van der Waals surface area contributed by atoms with Crippen LogP contribution in [0.5, 0.6) is 0 Å². The Morgan fingerprint density at radius 2 is 1.35 bits per heavy atom. The van der Waals surface area contributed by atoms with E-state index in [4.69, 9.17) is 0 Å². The monoisotopic (exact) mass is 281 g/mol. The molecule has 0 saturated carbocycles. The van der Waals surface area contributed by atoms with Crippen LogP contribution in [0.1, 0.15) is 47.0 Å². The van der Waals surface area contributed by atoms with Crippen LogP contribution in [0.25, 0.3) is 0 Å². The minimum Gasteiger partial charge on any atom is -0.301 e. The predicted octanol–water partition coefficient (Wildman–Crippen LogP) is 2.52. The van der Waals surface area contributed by atoms with E-state index in [0.29, 0.717) is 0 Å². The van der Waals surface area contributed by atoms with Crippen LogP contribution >= 0.6 is 0 Å². The molecule has 2 fully saturated rings. The van der Waals surface area contributed by atoms with Gasteiger partial charge in [-0.25, -0.2) is 0 Å². The summed E-state index contributed by atoms with van der Waals surface area (Å²) in [5, 5.41) is 0. The van der Waals surface area contributed by atoms with Crippen LogP contribution in [0.15, 0.2) is 0 Å². The van der Waals surface area contributed by atoms with Crippen molar-refractivity contribution in [2.75, 3.05) is 45.8 Å². The zero-order valence-electron chi connectivity index (χ0n) is 14.1. The summed E-state index contributed by atoms with van der Waals surface area (Å²) >= 11 is 0. The normalized spacial score (nSPS) is 28.2. The highest BCUT2D eigenvalue weighted by molar-refractivity contribution is 4.79. The van der Waals surface area contributed by atoms with E-state index >= 15 is 0 Å². The third-order valence-corrected chi connectivity index (χ3v) is 5.27. The smallest absolute Gasteiger partial charge is 0.0113 e. The van der Waals surface area contributed by atoms with E-state index in [0.717, 1.165) is 18.0 Å². The first-order valence-corrected chi connectivity index (χ1v) is 8.76. The van der Waals surface area contributed by atoms with Gasteiger partial charge in [0.1, 0.15) is 0 Å². The van der Waals surface area contributed by atoms with Crippen LogP contribution in [0.3, 0.4) is 0 Å². The van der Waals surface area contributed by atoms with Crippen molar-refractivity contribution in [1.29, 1.82) is 0 Å². The fourth-order valence-corrected chi connectivity index (χ4v) is 3.71. The maximum atomic E-state index is 2.72. The van der Waals surface area contributed by atoms with Gasteiger partial charge < -0.3 is 9.80 Å². The van der Waals surface area contributed by atoms with Gasteiger partial charge >= 0.3 is 0 Å². The Labute approximate surface area is 126 Å². The topological polar surface area (TPSA) is 9.72 Å². The van der Waals surface area contributed by atoms with Crippen molar-refractivity contribution in [3.8, 4) is 0 Å². The van der Waals surface area contributed by atoms with Gasteiger partial charge in [0.05, 0.1) is 0 Å². The first-order valence-electron chi connectivity index (χ1n) is 8.76. The number of piperazine rings is 1. The van der Waals surface area contributed by atoms with E-state index < -0.39 is 0 Å². The second-order valence-electron chi connectivity index (χ2n) is 7.36. The van der Waals surface area contributed by atoms with Crippen LogP contribution in [0, 0.1) is 5.92 Å². The first-order chi connectivity index (χ1) is 9.56. The van der Waals surface area contributed by atoms with Gasteiger partial charge in [-0.1, -0.05) is 0 Å². The fourth-order valence-electron chi connectivity index (χ4n) is 3.71. The molecule has 2 saturated heterocycles. The molecule has 2 rings (SSSR count). The molecule has 0 radical (unpaired) electrons. The number of rotatable bonds is 4. The van der Waals surface area contributed by atoms with Gasteiger partial charge in [0, 0.05) is 44.8 Å². The van der Waals surface area contributed by atoms with Gasteiger partial charge in [-0.2, -0.15) is 0 Å². The molecule has 0 aromatic rings. The minimum absolute atomic E-state index is 0.717. The highest BCUT2D eigenvalue weighted by Gasteiger charge is 2.23. The molecule has 0 N–H and O–H groups in total. The highest BCUT2D eigenvalue weighted by Crippen LogP contribution is 2.20. The summed E-state index contributed by atoms with van der Waals surface area (Å²) in [6.45, 7) is 18.4. The third-order valence-electron chi connectivity index (χ3n) is 5.27. The maximum Gasteiger partial charge on any atom is 0.0113 e. The van der Waals surface area contributed by atoms with E-state index in [-0.39, 0.29) is 0 Å². The molecule has 3 nitrogen and oxygen atoms in total. The van der Waals surface area contributed by atoms with Crippen molar-refractivity contribution in [2.24, 2.45) is 5.92 Å². The standard InChI is InChI=1S/C17H35N3/c1-15(2)19-8-5-6-17(7-9-19)14-18-10-12-20(13-11-18)16(3)4/h15-17H,5-14H2,1-4H3/t17-/m1/s1. The van der Waals surface area contributed by atoms with Crippen LogP contribution in [0.2, 0.25) is 0 Å². The molecule has 20 heavy (non-hydrogen) atoms. The molecular weight excluding hydrogens is 246 g/mol. The van der Waals surface area contributed by atoms with E-state index in [1.165, 1.54) is 65.1 Å². The van der Waals surface area contributed by atoms with Crippen LogP contribution in [0.4, 0.5) is 0 Å². The summed E-state index contributed by atoms with van der Waals surface area (Å²) in [4.78, 5) is 8.00. The molecule has 0 bridgehead atoms. The quantitative estimate of drug-likeness (QED) is 0.784. The summed E-state index contributed by atoms with van der Waals surface area (Å²) in [6.07, 6.45) is 4.24. The second kappa shape index (κ2) is 7.77. The second-order valence-corrected chi connectivity index (χ2v) is 7.36. The summed E-state index contributed by atoms with van der Waals surface area (Å²) in [7, 11) is 0. The molecule has 2 heterocycles. The van der Waals surface area contributed by atoms with E-state index in [9.17, 15) is 0 Å². The molecule has 0 spiro atoms. The lowest BCUT2D eigenvalue weighted by molar-refractivity contribution is 0.0942. The van der Waals surface area contributed by atoms with E-state index in [1.807, 2.05) is 0 Å². The molecule has 0 amide bonds. The lowest BCUT2D eigenvalue weighted by Gasteiger charge is -2.38. The molecule has 3 heteroatoms. The summed E-state index contributed by atoms with van der Waals surface area (Å²) < 4.78 is 0. The van der Waals surface area contributed by atoms with E-state index in [2.05, 4.69) is 42.4 Å². The average molecular weight is 281 g/mol. The average Bonchev–Trinajstić information content (AvgIpc) is 2.65. The molecular formula is C17H35N3. The number of hydrogen-bond donors (Lipinski definition) is 0. The lowest BCUT2D eigenvalue weighted by Crippen LogP contribution is -2.49. The third kappa shape index (κ3) is 4.71. The largest absolute Gasteiger partial charge is 0.301 e. The summed E-state index contributed by atoms with van der Waals surface area (Å²) in [5.41, 5.74) is 0. The molecule has 0 aliphatic carbocycles. The molecule has 0 aromatic heterocycles. The Kier molecular flexibility index (Phi) is 6.31. The van der Waals surface area contributed by atoms with Crippen LogP contribution in [-0.4, -0.2) is 72.6 Å². The minimum atomic E-state index is 0.717. The van der Waals surface area contributed by atoms with Crippen molar-refractivity contribution >= 4 is 0 Å². The Morgan fingerprint density at radius 3 is 1.95 bits per heavy atom. The molecule has 2 aliphatic rings. The summed E-state index contributed by atoms with van der Waals surface area (Å²) in [5.74, 6) is 0.935. The van der Waals surface area contributed by atoms with Gasteiger partial charge in [0.2, 0.25) is 0 Å². The Balaban J connectivity index is 1.72. The predicted molar refractivity (Wildman–Crippen MR) is 87.2 cm³/mol. The Bertz CT molecular complexity index is 269. The number of hydrogen-bond acceptors (Lipinski definition) is 3. The first kappa shape index (κ1) is 16.3. The Morgan fingerprint density at radius 1 is 0.750 bits per heavy atom. The molecule has 0 unspecified atom stereocenters. The zero-order valence-corrected chi connectivity index (χ0v) is 14.1. The van der Waals surface area contributed by atoms with Gasteiger partial charge in [0.15, 0.2) is 0 Å². The van der Waals surface area contributed by atoms with Gasteiger partial charge in [-0.15, -0.1) is 0 Å². The van der Waals surface area contributed by atoms with Crippen molar-refractivity contribution in [3.63, 3.8) is 0 Å². The molecule has 0 aromatic carbocycles. The lowest BCUT2D eigenvalue weighted by atomic mass is 9.99.